The fraction of sp³-hybridized carbons (Fsp3) is 0.381. The van der Waals surface area contributed by atoms with Gasteiger partial charge in [0.2, 0.25) is 0 Å². The van der Waals surface area contributed by atoms with Crippen molar-refractivity contribution in [3.63, 3.8) is 0 Å². The summed E-state index contributed by atoms with van der Waals surface area (Å²) in [7, 11) is 0. The zero-order valence-corrected chi connectivity index (χ0v) is 16.1. The highest BCUT2D eigenvalue weighted by Crippen LogP contribution is 2.36. The molecule has 0 unspecified atom stereocenters. The maximum absolute atomic E-state index is 13.0. The summed E-state index contributed by atoms with van der Waals surface area (Å²) in [5.74, 6) is -0.389. The summed E-state index contributed by atoms with van der Waals surface area (Å²) >= 11 is 0. The number of rotatable bonds is 3. The van der Waals surface area contributed by atoms with Crippen molar-refractivity contribution in [2.75, 3.05) is 23.3 Å². The number of amides is 1. The van der Waals surface area contributed by atoms with Crippen LogP contribution in [0.1, 0.15) is 41.3 Å². The third-order valence-electron chi connectivity index (χ3n) is 5.12. The monoisotopic (exact) mass is 430 g/mol. The summed E-state index contributed by atoms with van der Waals surface area (Å²) in [5.41, 5.74) is -2.56. The van der Waals surface area contributed by atoms with E-state index in [4.69, 9.17) is 0 Å². The van der Waals surface area contributed by atoms with Crippen molar-refractivity contribution in [1.82, 2.24) is 0 Å². The number of carbonyl (C=O) groups excluding carboxylic acids is 1. The Morgan fingerprint density at radius 1 is 0.900 bits per heavy atom. The van der Waals surface area contributed by atoms with E-state index in [1.54, 1.807) is 24.3 Å². The van der Waals surface area contributed by atoms with Crippen molar-refractivity contribution in [1.29, 1.82) is 0 Å². The van der Waals surface area contributed by atoms with Crippen molar-refractivity contribution < 1.29 is 31.1 Å². The van der Waals surface area contributed by atoms with Gasteiger partial charge in [0.1, 0.15) is 0 Å². The normalized spacial score (nSPS) is 15.9. The van der Waals surface area contributed by atoms with Gasteiger partial charge in [-0.15, -0.1) is 0 Å². The molecular weight excluding hydrogens is 410 g/mol. The lowest BCUT2D eigenvalue weighted by molar-refractivity contribution is -0.143. The fourth-order valence-corrected chi connectivity index (χ4v) is 3.31. The van der Waals surface area contributed by atoms with Gasteiger partial charge in [0.25, 0.3) is 5.91 Å². The molecule has 0 spiro atoms. The Morgan fingerprint density at radius 3 is 1.87 bits per heavy atom. The maximum atomic E-state index is 13.0. The predicted octanol–water partition coefficient (Wildman–Crippen LogP) is 6.21. The highest BCUT2D eigenvalue weighted by Gasteiger charge is 2.37. The average Bonchev–Trinajstić information content (AvgIpc) is 2.67. The second-order valence-electron chi connectivity index (χ2n) is 7.47. The third kappa shape index (κ3) is 5.25. The van der Waals surface area contributed by atoms with Gasteiger partial charge in [-0.05, 0) is 61.2 Å². The standard InChI is InChI=1S/C21H20F6N2O/c1-13-6-8-29(9-7-13)18-4-2-17(3-5-18)28-19(30)14-10-15(20(22,23)24)12-16(11-14)21(25,26)27/h2-5,10-13H,6-9H2,1H3,(H,28,30). The first-order valence-electron chi connectivity index (χ1n) is 9.39. The number of hydrogen-bond donors (Lipinski definition) is 1. The number of carbonyl (C=O) groups is 1. The van der Waals surface area contributed by atoms with Crippen LogP contribution in [0.5, 0.6) is 0 Å². The fourth-order valence-electron chi connectivity index (χ4n) is 3.31. The van der Waals surface area contributed by atoms with Gasteiger partial charge in [-0.25, -0.2) is 0 Å². The quantitative estimate of drug-likeness (QED) is 0.587. The molecule has 30 heavy (non-hydrogen) atoms. The molecule has 1 N–H and O–H groups in total. The Hall–Kier alpha value is -2.71. The van der Waals surface area contributed by atoms with Crippen LogP contribution in [0.3, 0.4) is 0 Å². The van der Waals surface area contributed by atoms with Gasteiger partial charge in [0.05, 0.1) is 11.1 Å². The molecule has 1 aliphatic heterocycles. The zero-order valence-electron chi connectivity index (χ0n) is 16.1. The third-order valence-corrected chi connectivity index (χ3v) is 5.12. The first-order chi connectivity index (χ1) is 13.9. The molecule has 1 aliphatic rings. The molecule has 1 saturated heterocycles. The highest BCUT2D eigenvalue weighted by molar-refractivity contribution is 6.04. The molecule has 1 heterocycles. The van der Waals surface area contributed by atoms with E-state index in [1.165, 1.54) is 0 Å². The number of alkyl halides is 6. The van der Waals surface area contributed by atoms with Crippen LogP contribution < -0.4 is 10.2 Å². The highest BCUT2D eigenvalue weighted by atomic mass is 19.4. The Morgan fingerprint density at radius 2 is 1.40 bits per heavy atom. The second-order valence-corrected chi connectivity index (χ2v) is 7.47. The number of benzene rings is 2. The first-order valence-corrected chi connectivity index (χ1v) is 9.39. The van der Waals surface area contributed by atoms with Crippen LogP contribution in [0.4, 0.5) is 37.7 Å². The smallest absolute Gasteiger partial charge is 0.372 e. The Kier molecular flexibility index (Phi) is 6.01. The van der Waals surface area contributed by atoms with E-state index in [0.29, 0.717) is 18.1 Å². The summed E-state index contributed by atoms with van der Waals surface area (Å²) in [6, 6.07) is 7.48. The second kappa shape index (κ2) is 8.20. The van der Waals surface area contributed by atoms with Gasteiger partial charge in [-0.1, -0.05) is 6.92 Å². The molecule has 0 radical (unpaired) electrons. The SMILES string of the molecule is CC1CCN(c2ccc(NC(=O)c3cc(C(F)(F)F)cc(C(F)(F)F)c3)cc2)CC1. The van der Waals surface area contributed by atoms with Crippen LogP contribution in [0.25, 0.3) is 0 Å². The van der Waals surface area contributed by atoms with E-state index in [9.17, 15) is 31.1 Å². The van der Waals surface area contributed by atoms with E-state index in [2.05, 4.69) is 17.1 Å². The van der Waals surface area contributed by atoms with Gasteiger partial charge >= 0.3 is 12.4 Å². The molecular formula is C21H20F6N2O. The minimum Gasteiger partial charge on any atom is -0.372 e. The Labute approximate surface area is 169 Å². The molecule has 0 bridgehead atoms. The molecule has 0 aliphatic carbocycles. The zero-order chi connectivity index (χ0) is 22.1. The van der Waals surface area contributed by atoms with Gasteiger partial charge in [0.15, 0.2) is 0 Å². The molecule has 0 aromatic heterocycles. The molecule has 1 amide bonds. The molecule has 1 fully saturated rings. The van der Waals surface area contributed by atoms with Crippen molar-refractivity contribution >= 4 is 17.3 Å². The van der Waals surface area contributed by atoms with Gasteiger partial charge in [-0.3, -0.25) is 4.79 Å². The van der Waals surface area contributed by atoms with Crippen LogP contribution >= 0.6 is 0 Å². The number of hydrogen-bond acceptors (Lipinski definition) is 2. The van der Waals surface area contributed by atoms with Crippen LogP contribution in [-0.4, -0.2) is 19.0 Å². The lowest BCUT2D eigenvalue weighted by Gasteiger charge is -2.32. The predicted molar refractivity (Wildman–Crippen MR) is 101 cm³/mol. The summed E-state index contributed by atoms with van der Waals surface area (Å²) in [5, 5.41) is 2.36. The van der Waals surface area contributed by atoms with Crippen molar-refractivity contribution in [3.05, 3.63) is 59.2 Å². The number of anilines is 2. The number of piperidine rings is 1. The van der Waals surface area contributed by atoms with E-state index < -0.39 is 35.0 Å². The largest absolute Gasteiger partial charge is 0.416 e. The maximum Gasteiger partial charge on any atom is 0.416 e. The van der Waals surface area contributed by atoms with Crippen LogP contribution in [0.15, 0.2) is 42.5 Å². The first kappa shape index (κ1) is 22.0. The summed E-state index contributed by atoms with van der Waals surface area (Å²) in [6.45, 7) is 3.99. The summed E-state index contributed by atoms with van der Waals surface area (Å²) in [6.07, 6.45) is -7.89. The summed E-state index contributed by atoms with van der Waals surface area (Å²) in [4.78, 5) is 14.5. The van der Waals surface area contributed by atoms with Crippen LogP contribution in [0.2, 0.25) is 0 Å². The molecule has 9 heteroatoms. The Bertz CT molecular complexity index is 865. The topological polar surface area (TPSA) is 32.3 Å². The molecule has 0 saturated carbocycles. The van der Waals surface area contributed by atoms with Gasteiger partial charge in [0, 0.05) is 30.0 Å². The van der Waals surface area contributed by atoms with Crippen LogP contribution in [0, 0.1) is 5.92 Å². The molecule has 2 aromatic carbocycles. The molecule has 2 aromatic rings. The van der Waals surface area contributed by atoms with E-state index >= 15 is 0 Å². The van der Waals surface area contributed by atoms with Gasteiger partial charge in [-0.2, -0.15) is 26.3 Å². The van der Waals surface area contributed by atoms with Crippen molar-refractivity contribution in [2.45, 2.75) is 32.1 Å². The summed E-state index contributed by atoms with van der Waals surface area (Å²) < 4.78 is 77.8. The molecule has 162 valence electrons. The molecule has 3 rings (SSSR count). The number of nitrogens with one attached hydrogen (secondary N) is 1. The van der Waals surface area contributed by atoms with Crippen LogP contribution in [-0.2, 0) is 12.4 Å². The van der Waals surface area contributed by atoms with Crippen molar-refractivity contribution in [3.8, 4) is 0 Å². The Balaban J connectivity index is 1.78. The number of nitrogens with zero attached hydrogens (tertiary/aromatic N) is 1. The molecule has 0 atom stereocenters. The lowest BCUT2D eigenvalue weighted by Crippen LogP contribution is -2.32. The average molecular weight is 430 g/mol. The lowest BCUT2D eigenvalue weighted by atomic mass is 9.99. The number of halogens is 6. The van der Waals surface area contributed by atoms with E-state index in [0.717, 1.165) is 31.6 Å². The van der Waals surface area contributed by atoms with E-state index in [1.807, 2.05) is 0 Å². The molecule has 3 nitrogen and oxygen atoms in total. The van der Waals surface area contributed by atoms with E-state index in [-0.39, 0.29) is 11.8 Å². The van der Waals surface area contributed by atoms with Gasteiger partial charge < -0.3 is 10.2 Å². The minimum absolute atomic E-state index is 0.00888. The minimum atomic E-state index is -5.01. The van der Waals surface area contributed by atoms with Crippen molar-refractivity contribution in [2.24, 2.45) is 5.92 Å².